The zero-order chi connectivity index (χ0) is 14.7. The highest BCUT2D eigenvalue weighted by atomic mass is 16.6. The van der Waals surface area contributed by atoms with Crippen molar-refractivity contribution in [1.29, 1.82) is 0 Å². The van der Waals surface area contributed by atoms with E-state index in [9.17, 15) is 9.59 Å². The molecule has 0 spiro atoms. The molecule has 20 heavy (non-hydrogen) atoms. The number of aryl methyl sites for hydroxylation is 2. The molecule has 1 aromatic rings. The molecular weight excluding hydrogens is 262 g/mol. The van der Waals surface area contributed by atoms with Gasteiger partial charge in [-0.05, 0) is 20.3 Å². The molecule has 7 heteroatoms. The molecule has 1 aliphatic rings. The van der Waals surface area contributed by atoms with E-state index in [0.29, 0.717) is 36.5 Å². The van der Waals surface area contributed by atoms with E-state index < -0.39 is 6.09 Å². The monoisotopic (exact) mass is 279 g/mol. The highest BCUT2D eigenvalue weighted by molar-refractivity contribution is 5.97. The predicted molar refractivity (Wildman–Crippen MR) is 69.9 cm³/mol. The minimum atomic E-state index is -0.553. The molecule has 7 nitrogen and oxygen atoms in total. The summed E-state index contributed by atoms with van der Waals surface area (Å²) in [5.74, 6) is 0.146. The van der Waals surface area contributed by atoms with Crippen molar-refractivity contribution in [1.82, 2.24) is 15.2 Å². The molecule has 0 unspecified atom stereocenters. The van der Waals surface area contributed by atoms with Gasteiger partial charge in [0, 0.05) is 13.1 Å². The number of carbonyl (C=O) groups is 2. The molecule has 0 aromatic carbocycles. The molecule has 0 saturated carbocycles. The van der Waals surface area contributed by atoms with Gasteiger partial charge in [0.2, 0.25) is 0 Å². The maximum absolute atomic E-state index is 12.5. The first-order chi connectivity index (χ1) is 9.56. The second-order valence-electron chi connectivity index (χ2n) is 4.47. The third-order valence-corrected chi connectivity index (χ3v) is 3.05. The molecule has 0 atom stereocenters. The maximum atomic E-state index is 12.5. The summed E-state index contributed by atoms with van der Waals surface area (Å²) in [4.78, 5) is 24.4. The van der Waals surface area contributed by atoms with Crippen LogP contribution in [0.25, 0.3) is 0 Å². The Kier molecular flexibility index (Phi) is 4.07. The Morgan fingerprint density at radius 2 is 2.10 bits per heavy atom. The lowest BCUT2D eigenvalue weighted by Gasteiger charge is -2.26. The van der Waals surface area contributed by atoms with Gasteiger partial charge < -0.3 is 9.26 Å². The number of aromatic nitrogens is 1. The topological polar surface area (TPSA) is 75.9 Å². The smallest absolute Gasteiger partial charge is 0.429 e. The third-order valence-electron chi connectivity index (χ3n) is 3.05. The summed E-state index contributed by atoms with van der Waals surface area (Å²) in [5, 5.41) is 6.43. The Morgan fingerprint density at radius 1 is 1.40 bits per heavy atom. The lowest BCUT2D eigenvalue weighted by Crippen LogP contribution is -2.45. The van der Waals surface area contributed by atoms with Crippen molar-refractivity contribution in [3.05, 3.63) is 29.7 Å². The highest BCUT2D eigenvalue weighted by Gasteiger charge is 2.34. The third kappa shape index (κ3) is 2.52. The zero-order valence-electron chi connectivity index (χ0n) is 11.6. The number of hydrogen-bond acceptors (Lipinski definition) is 5. The molecule has 0 N–H and O–H groups in total. The predicted octanol–water partition coefficient (Wildman–Crippen LogP) is 1.68. The maximum Gasteiger partial charge on any atom is 0.429 e. The van der Waals surface area contributed by atoms with Crippen LogP contribution in [0.1, 0.15) is 28.2 Å². The number of nitrogens with zero attached hydrogens (tertiary/aromatic N) is 3. The van der Waals surface area contributed by atoms with E-state index in [1.807, 2.05) is 0 Å². The van der Waals surface area contributed by atoms with Crippen LogP contribution >= 0.6 is 0 Å². The molecule has 2 rings (SSSR count). The Hall–Kier alpha value is -2.31. The summed E-state index contributed by atoms with van der Waals surface area (Å²) < 4.78 is 9.96. The van der Waals surface area contributed by atoms with E-state index in [2.05, 4.69) is 11.7 Å². The largest absolute Gasteiger partial charge is 0.444 e. The van der Waals surface area contributed by atoms with Gasteiger partial charge in [-0.1, -0.05) is 17.8 Å². The Morgan fingerprint density at radius 3 is 2.70 bits per heavy atom. The van der Waals surface area contributed by atoms with Gasteiger partial charge in [-0.3, -0.25) is 4.79 Å². The van der Waals surface area contributed by atoms with Crippen LogP contribution in [0.4, 0.5) is 4.79 Å². The summed E-state index contributed by atoms with van der Waals surface area (Å²) in [6, 6.07) is 0. The summed E-state index contributed by atoms with van der Waals surface area (Å²) >= 11 is 0. The highest BCUT2D eigenvalue weighted by Crippen LogP contribution is 2.20. The number of ether oxygens (including phenoxy) is 1. The quantitative estimate of drug-likeness (QED) is 0.787. The Bertz CT molecular complexity index is 518. The van der Waals surface area contributed by atoms with Gasteiger partial charge in [-0.2, -0.15) is 0 Å². The van der Waals surface area contributed by atoms with Crippen molar-refractivity contribution in [2.45, 2.75) is 20.3 Å². The molecule has 1 saturated heterocycles. The van der Waals surface area contributed by atoms with Crippen molar-refractivity contribution in [2.24, 2.45) is 0 Å². The first-order valence-corrected chi connectivity index (χ1v) is 6.36. The van der Waals surface area contributed by atoms with Crippen LogP contribution < -0.4 is 0 Å². The average molecular weight is 279 g/mol. The summed E-state index contributed by atoms with van der Waals surface area (Å²) in [5.41, 5.74) is 0.909. The number of hydrazine groups is 1. The molecule has 0 bridgehead atoms. The second-order valence-corrected chi connectivity index (χ2v) is 4.47. The molecule has 2 amide bonds. The molecule has 0 radical (unpaired) electrons. The van der Waals surface area contributed by atoms with Crippen LogP contribution in [0.15, 0.2) is 17.2 Å². The molecule has 1 fully saturated rings. The van der Waals surface area contributed by atoms with Gasteiger partial charge in [0.1, 0.15) is 17.9 Å². The second kappa shape index (κ2) is 5.77. The summed E-state index contributed by atoms with van der Waals surface area (Å²) in [6.45, 7) is 7.87. The molecule has 2 heterocycles. The van der Waals surface area contributed by atoms with Crippen molar-refractivity contribution >= 4 is 12.0 Å². The zero-order valence-corrected chi connectivity index (χ0v) is 11.6. The van der Waals surface area contributed by atoms with Crippen molar-refractivity contribution < 1.29 is 18.8 Å². The van der Waals surface area contributed by atoms with Crippen LogP contribution in [0.3, 0.4) is 0 Å². The lowest BCUT2D eigenvalue weighted by atomic mass is 10.2. The standard InChI is InChI=1S/C13H17N3O4/c1-4-8-19-13(18)16-7-5-6-15(16)12(17)11-9(2)14-20-10(11)3/h4H,1,5-8H2,2-3H3. The van der Waals surface area contributed by atoms with Gasteiger partial charge >= 0.3 is 6.09 Å². The summed E-state index contributed by atoms with van der Waals surface area (Å²) in [6.07, 6.45) is 1.63. The van der Waals surface area contributed by atoms with Gasteiger partial charge in [0.05, 0.1) is 5.69 Å². The van der Waals surface area contributed by atoms with Crippen molar-refractivity contribution in [3.8, 4) is 0 Å². The van der Waals surface area contributed by atoms with E-state index in [1.54, 1.807) is 13.8 Å². The van der Waals surface area contributed by atoms with Crippen molar-refractivity contribution in [2.75, 3.05) is 19.7 Å². The van der Waals surface area contributed by atoms with Gasteiger partial charge in [0.15, 0.2) is 0 Å². The Balaban J connectivity index is 2.16. The van der Waals surface area contributed by atoms with Crippen LogP contribution in [-0.4, -0.2) is 46.9 Å². The molecule has 0 aliphatic carbocycles. The van der Waals surface area contributed by atoms with E-state index in [-0.39, 0.29) is 12.5 Å². The number of carbonyl (C=O) groups excluding carboxylic acids is 2. The van der Waals surface area contributed by atoms with E-state index in [4.69, 9.17) is 9.26 Å². The lowest BCUT2D eigenvalue weighted by molar-refractivity contribution is 0.0159. The normalized spacial score (nSPS) is 14.5. The SMILES string of the molecule is C=CCOC(=O)N1CCCN1C(=O)c1c(C)noc1C. The summed E-state index contributed by atoms with van der Waals surface area (Å²) in [7, 11) is 0. The van der Waals surface area contributed by atoms with E-state index in [0.717, 1.165) is 0 Å². The van der Waals surface area contributed by atoms with Crippen LogP contribution in [0.5, 0.6) is 0 Å². The van der Waals surface area contributed by atoms with Crippen LogP contribution in [-0.2, 0) is 4.74 Å². The fraction of sp³-hybridized carbons (Fsp3) is 0.462. The van der Waals surface area contributed by atoms with Crippen LogP contribution in [0.2, 0.25) is 0 Å². The van der Waals surface area contributed by atoms with E-state index >= 15 is 0 Å². The molecule has 108 valence electrons. The molecular formula is C13H17N3O4. The molecule has 1 aromatic heterocycles. The number of amides is 2. The first kappa shape index (κ1) is 14.1. The minimum absolute atomic E-state index is 0.114. The van der Waals surface area contributed by atoms with Crippen molar-refractivity contribution in [3.63, 3.8) is 0 Å². The van der Waals surface area contributed by atoms with Crippen LogP contribution in [0, 0.1) is 13.8 Å². The molecule has 1 aliphatic heterocycles. The number of hydrogen-bond donors (Lipinski definition) is 0. The number of rotatable bonds is 3. The Labute approximate surface area is 116 Å². The van der Waals surface area contributed by atoms with Gasteiger partial charge in [-0.15, -0.1) is 0 Å². The van der Waals surface area contributed by atoms with Gasteiger partial charge in [-0.25, -0.2) is 14.8 Å². The fourth-order valence-electron chi connectivity index (χ4n) is 2.13. The van der Waals surface area contributed by atoms with Gasteiger partial charge in [0.25, 0.3) is 5.91 Å². The first-order valence-electron chi connectivity index (χ1n) is 6.36. The van der Waals surface area contributed by atoms with E-state index in [1.165, 1.54) is 16.1 Å². The average Bonchev–Trinajstić information content (AvgIpc) is 3.03. The minimum Gasteiger partial charge on any atom is -0.444 e. The fourth-order valence-corrected chi connectivity index (χ4v) is 2.13.